The lowest BCUT2D eigenvalue weighted by Crippen LogP contribution is -2.22. The van der Waals surface area contributed by atoms with E-state index in [-0.39, 0.29) is 0 Å². The summed E-state index contributed by atoms with van der Waals surface area (Å²) in [6, 6.07) is 0. The highest BCUT2D eigenvalue weighted by Crippen LogP contribution is 2.59. The van der Waals surface area contributed by atoms with E-state index in [1.807, 2.05) is 0 Å². The molecule has 0 N–H and O–H groups in total. The van der Waals surface area contributed by atoms with Gasteiger partial charge in [0.25, 0.3) is 0 Å². The number of hydrogen-bond donors (Lipinski definition) is 0. The molecule has 0 saturated heterocycles. The van der Waals surface area contributed by atoms with Gasteiger partial charge in [0.15, 0.2) is 0 Å². The van der Waals surface area contributed by atoms with E-state index >= 15 is 0 Å². The summed E-state index contributed by atoms with van der Waals surface area (Å²) in [7, 11) is 1.92. The SMILES string of the molecule is CC1=PC(C)(CCP(C2CCCC2)C2CCCC2)C(C)=C1C. The summed E-state index contributed by atoms with van der Waals surface area (Å²) in [5.41, 5.74) is 5.57. The summed E-state index contributed by atoms with van der Waals surface area (Å²) < 4.78 is 0. The Labute approximate surface area is 141 Å². The van der Waals surface area contributed by atoms with Crippen molar-refractivity contribution < 1.29 is 0 Å². The Hall–Kier alpha value is 0.340. The Balaban J connectivity index is 1.69. The van der Waals surface area contributed by atoms with Crippen LogP contribution < -0.4 is 0 Å². The Bertz CT molecular complexity index is 448. The summed E-state index contributed by atoms with van der Waals surface area (Å²) in [5, 5.41) is 2.09. The zero-order valence-corrected chi connectivity index (χ0v) is 16.9. The van der Waals surface area contributed by atoms with Crippen LogP contribution in [0.25, 0.3) is 0 Å². The minimum atomic E-state index is 0.305. The van der Waals surface area contributed by atoms with Gasteiger partial charge in [-0.2, -0.15) is 0 Å². The Kier molecular flexibility index (Phi) is 5.52. The first-order valence-corrected chi connectivity index (χ1v) is 12.1. The first kappa shape index (κ1) is 17.2. The molecule has 0 bridgehead atoms. The summed E-state index contributed by atoms with van der Waals surface area (Å²) in [5.74, 6) is 0. The smallest absolute Gasteiger partial charge is 0.0311 e. The lowest BCUT2D eigenvalue weighted by atomic mass is 9.94. The van der Waals surface area contributed by atoms with Crippen LogP contribution in [0.4, 0.5) is 0 Å². The molecule has 2 aliphatic carbocycles. The van der Waals surface area contributed by atoms with Crippen LogP contribution >= 0.6 is 16.1 Å². The predicted octanol–water partition coefficient (Wildman–Crippen LogP) is 6.99. The van der Waals surface area contributed by atoms with E-state index in [9.17, 15) is 0 Å². The van der Waals surface area contributed by atoms with Crippen molar-refractivity contribution in [3.63, 3.8) is 0 Å². The van der Waals surface area contributed by atoms with E-state index in [1.165, 1.54) is 32.1 Å². The van der Waals surface area contributed by atoms with E-state index < -0.39 is 0 Å². The molecule has 0 radical (unpaired) electrons. The number of rotatable bonds is 5. The summed E-state index contributed by atoms with van der Waals surface area (Å²) >= 11 is 0. The normalized spacial score (nSPS) is 31.6. The zero-order valence-electron chi connectivity index (χ0n) is 15.1. The number of hydrogen-bond acceptors (Lipinski definition) is 0. The quantitative estimate of drug-likeness (QED) is 0.475. The first-order valence-electron chi connectivity index (χ1n) is 9.52. The molecule has 0 aromatic heterocycles. The first-order chi connectivity index (χ1) is 10.5. The van der Waals surface area contributed by atoms with Crippen LogP contribution in [-0.4, -0.2) is 27.9 Å². The fourth-order valence-corrected chi connectivity index (χ4v) is 10.8. The molecule has 0 aromatic rings. The van der Waals surface area contributed by atoms with Gasteiger partial charge in [0.1, 0.15) is 0 Å². The van der Waals surface area contributed by atoms with Crippen molar-refractivity contribution in [2.45, 2.75) is 102 Å². The zero-order chi connectivity index (χ0) is 15.7. The second-order valence-corrected chi connectivity index (χ2v) is 12.9. The molecule has 22 heavy (non-hydrogen) atoms. The van der Waals surface area contributed by atoms with Crippen molar-refractivity contribution in [2.24, 2.45) is 0 Å². The highest BCUT2D eigenvalue weighted by Gasteiger charge is 2.36. The van der Waals surface area contributed by atoms with E-state index in [1.54, 1.807) is 56.5 Å². The van der Waals surface area contributed by atoms with Crippen LogP contribution in [0.5, 0.6) is 0 Å². The maximum Gasteiger partial charge on any atom is 0.0311 e. The lowest BCUT2D eigenvalue weighted by Gasteiger charge is -2.33. The topological polar surface area (TPSA) is 0 Å². The standard InChI is InChI=1S/C20H34P2/c1-15-16(2)20(4,21-17(15)3)13-14-22(18-9-5-6-10-18)19-11-7-8-12-19/h18-19H,5-14H2,1-4H3. The summed E-state index contributed by atoms with van der Waals surface area (Å²) in [6.45, 7) is 9.65. The van der Waals surface area contributed by atoms with Crippen LogP contribution in [0.2, 0.25) is 0 Å². The highest BCUT2D eigenvalue weighted by molar-refractivity contribution is 7.59. The largest absolute Gasteiger partial charge is 0.100 e. The average Bonchev–Trinajstić information content (AvgIpc) is 3.21. The molecule has 2 saturated carbocycles. The minimum absolute atomic E-state index is 0.305. The molecule has 3 rings (SSSR count). The van der Waals surface area contributed by atoms with Gasteiger partial charge in [-0.1, -0.05) is 39.5 Å². The van der Waals surface area contributed by atoms with Gasteiger partial charge < -0.3 is 0 Å². The van der Waals surface area contributed by atoms with E-state index in [0.717, 1.165) is 11.3 Å². The molecule has 2 heteroatoms. The van der Waals surface area contributed by atoms with Crippen molar-refractivity contribution >= 4 is 21.4 Å². The van der Waals surface area contributed by atoms with Crippen molar-refractivity contribution in [3.05, 3.63) is 11.1 Å². The van der Waals surface area contributed by atoms with Gasteiger partial charge >= 0.3 is 0 Å². The molecule has 2 fully saturated rings. The third-order valence-electron chi connectivity index (χ3n) is 6.77. The lowest BCUT2D eigenvalue weighted by molar-refractivity contribution is 0.704. The van der Waals surface area contributed by atoms with Gasteiger partial charge in [-0.25, -0.2) is 0 Å². The van der Waals surface area contributed by atoms with Crippen molar-refractivity contribution in [3.8, 4) is 0 Å². The Morgan fingerprint density at radius 1 is 0.955 bits per heavy atom. The van der Waals surface area contributed by atoms with Gasteiger partial charge in [0, 0.05) is 5.16 Å². The third-order valence-corrected chi connectivity index (χ3v) is 12.1. The van der Waals surface area contributed by atoms with Crippen molar-refractivity contribution in [1.82, 2.24) is 0 Å². The second-order valence-electron chi connectivity index (χ2n) is 8.09. The molecule has 0 spiro atoms. The van der Waals surface area contributed by atoms with Crippen molar-refractivity contribution in [2.75, 3.05) is 6.16 Å². The van der Waals surface area contributed by atoms with E-state index in [4.69, 9.17) is 0 Å². The molecule has 0 aromatic carbocycles. The van der Waals surface area contributed by atoms with Crippen molar-refractivity contribution in [1.29, 1.82) is 0 Å². The van der Waals surface area contributed by atoms with Crippen LogP contribution in [0, 0.1) is 0 Å². The maximum absolute atomic E-state index is 2.54. The molecule has 3 aliphatic rings. The molecule has 1 unspecified atom stereocenters. The molecule has 0 nitrogen and oxygen atoms in total. The molecule has 124 valence electrons. The fourth-order valence-electron chi connectivity index (χ4n) is 4.94. The molecular formula is C20H34P2. The average molecular weight is 336 g/mol. The van der Waals surface area contributed by atoms with Crippen LogP contribution in [0.15, 0.2) is 11.1 Å². The van der Waals surface area contributed by atoms with Gasteiger partial charge in [-0.3, -0.25) is 0 Å². The minimum Gasteiger partial charge on any atom is -0.100 e. The maximum atomic E-state index is 2.54. The van der Waals surface area contributed by atoms with Gasteiger partial charge in [-0.05, 0) is 88.1 Å². The molecular weight excluding hydrogens is 302 g/mol. The number of allylic oxidation sites excluding steroid dienone is 2. The molecule has 1 aliphatic heterocycles. The summed E-state index contributed by atoms with van der Waals surface area (Å²) in [4.78, 5) is 0. The molecule has 1 heterocycles. The van der Waals surface area contributed by atoms with Gasteiger partial charge in [-0.15, -0.1) is 7.92 Å². The fraction of sp³-hybridized carbons (Fsp3) is 0.850. The van der Waals surface area contributed by atoms with Crippen LogP contribution in [0.3, 0.4) is 0 Å². The monoisotopic (exact) mass is 336 g/mol. The Morgan fingerprint density at radius 3 is 1.86 bits per heavy atom. The molecule has 0 amide bonds. The predicted molar refractivity (Wildman–Crippen MR) is 105 cm³/mol. The Morgan fingerprint density at radius 2 is 1.45 bits per heavy atom. The van der Waals surface area contributed by atoms with Crippen LogP contribution in [0.1, 0.15) is 85.5 Å². The van der Waals surface area contributed by atoms with E-state index in [0.29, 0.717) is 13.1 Å². The van der Waals surface area contributed by atoms with E-state index in [2.05, 4.69) is 27.7 Å². The molecule has 1 atom stereocenters. The highest BCUT2D eigenvalue weighted by atomic mass is 31.1. The summed E-state index contributed by atoms with van der Waals surface area (Å²) in [6.07, 6.45) is 15.4. The van der Waals surface area contributed by atoms with Gasteiger partial charge in [0.05, 0.1) is 0 Å². The third kappa shape index (κ3) is 3.39. The van der Waals surface area contributed by atoms with Crippen LogP contribution in [-0.2, 0) is 0 Å². The van der Waals surface area contributed by atoms with Gasteiger partial charge in [0.2, 0.25) is 0 Å². The second kappa shape index (κ2) is 7.07.